The Kier molecular flexibility index (Phi) is 5.57. The van der Waals surface area contributed by atoms with Gasteiger partial charge in [0.1, 0.15) is 22.7 Å². The van der Waals surface area contributed by atoms with Crippen molar-refractivity contribution in [3.8, 4) is 11.4 Å². The van der Waals surface area contributed by atoms with Crippen molar-refractivity contribution in [2.45, 2.75) is 45.2 Å². The minimum Gasteiger partial charge on any atom is -0.355 e. The van der Waals surface area contributed by atoms with Crippen molar-refractivity contribution < 1.29 is 4.39 Å². The van der Waals surface area contributed by atoms with Crippen LogP contribution in [0.5, 0.6) is 0 Å². The lowest BCUT2D eigenvalue weighted by atomic mass is 9.98. The smallest absolute Gasteiger partial charge is 0.189 e. The second-order valence-electron chi connectivity index (χ2n) is 8.81. The number of thioether (sulfide) groups is 1. The van der Waals surface area contributed by atoms with Gasteiger partial charge >= 0.3 is 0 Å². The Labute approximate surface area is 199 Å². The third kappa shape index (κ3) is 3.69. The molecule has 0 N–H and O–H groups in total. The topological polar surface area (TPSA) is 54.8 Å². The van der Waals surface area contributed by atoms with Crippen LogP contribution in [0.15, 0.2) is 11.2 Å². The van der Waals surface area contributed by atoms with Crippen LogP contribution in [0.3, 0.4) is 0 Å². The predicted molar refractivity (Wildman–Crippen MR) is 132 cm³/mol. The molecule has 4 heterocycles. The molecule has 3 aromatic heterocycles. The summed E-state index contributed by atoms with van der Waals surface area (Å²) in [5.41, 5.74) is 3.89. The molecule has 0 aromatic carbocycles. The zero-order valence-corrected chi connectivity index (χ0v) is 21.1. The first-order valence-electron chi connectivity index (χ1n) is 10.7. The lowest BCUT2D eigenvalue weighted by Gasteiger charge is -2.33. The number of aryl methyl sites for hydroxylation is 3. The molecule has 5 nitrogen and oxygen atoms in total. The number of aromatic nitrogens is 4. The Morgan fingerprint density at radius 3 is 2.42 bits per heavy atom. The molecule has 31 heavy (non-hydrogen) atoms. The standard InChI is InChI=1S/C23H25FIN5S/c1-11-7-12(2)26-21(18(11)25)20-17(24)19-16(13(3)27-20)22(29-23(28-19)31-4)30-9-14-5-6-15(8-14)10-30/h7,14-15H,5-6,8-10H2,1-4H3. The summed E-state index contributed by atoms with van der Waals surface area (Å²) < 4.78 is 16.9. The summed E-state index contributed by atoms with van der Waals surface area (Å²) in [6, 6.07) is 2.01. The number of hydrogen-bond donors (Lipinski definition) is 0. The van der Waals surface area contributed by atoms with E-state index in [-0.39, 0.29) is 5.69 Å². The first-order valence-corrected chi connectivity index (χ1v) is 13.0. The molecule has 1 saturated carbocycles. The highest BCUT2D eigenvalue weighted by atomic mass is 127. The summed E-state index contributed by atoms with van der Waals surface area (Å²) in [6.45, 7) is 7.84. The number of piperidine rings is 1. The fraction of sp³-hybridized carbons (Fsp3) is 0.478. The van der Waals surface area contributed by atoms with Gasteiger partial charge < -0.3 is 4.90 Å². The average Bonchev–Trinajstić information content (AvgIpc) is 3.09. The zero-order chi connectivity index (χ0) is 21.9. The highest BCUT2D eigenvalue weighted by molar-refractivity contribution is 14.1. The van der Waals surface area contributed by atoms with Gasteiger partial charge in [0.15, 0.2) is 11.0 Å². The third-order valence-electron chi connectivity index (χ3n) is 6.51. The van der Waals surface area contributed by atoms with Gasteiger partial charge in [0.25, 0.3) is 0 Å². The summed E-state index contributed by atoms with van der Waals surface area (Å²) in [6.07, 6.45) is 5.81. The average molecular weight is 549 g/mol. The summed E-state index contributed by atoms with van der Waals surface area (Å²) >= 11 is 3.68. The van der Waals surface area contributed by atoms with Crippen LogP contribution < -0.4 is 4.90 Å². The minimum absolute atomic E-state index is 0.275. The summed E-state index contributed by atoms with van der Waals surface area (Å²) in [4.78, 5) is 21.1. The van der Waals surface area contributed by atoms with Crippen molar-refractivity contribution in [2.24, 2.45) is 11.8 Å². The van der Waals surface area contributed by atoms with Crippen LogP contribution in [0, 0.1) is 42.0 Å². The van der Waals surface area contributed by atoms with Crippen molar-refractivity contribution in [3.05, 3.63) is 32.4 Å². The lowest BCUT2D eigenvalue weighted by Crippen LogP contribution is -2.37. The van der Waals surface area contributed by atoms with Crippen LogP contribution in [0.4, 0.5) is 10.2 Å². The molecule has 1 saturated heterocycles. The Morgan fingerprint density at radius 2 is 1.74 bits per heavy atom. The predicted octanol–water partition coefficient (Wildman–Crippen LogP) is 5.71. The van der Waals surface area contributed by atoms with Crippen LogP contribution >= 0.6 is 34.4 Å². The molecular weight excluding hydrogens is 524 g/mol. The second-order valence-corrected chi connectivity index (χ2v) is 10.7. The van der Waals surface area contributed by atoms with Crippen molar-refractivity contribution in [1.29, 1.82) is 0 Å². The third-order valence-corrected chi connectivity index (χ3v) is 8.42. The zero-order valence-electron chi connectivity index (χ0n) is 18.2. The molecule has 2 atom stereocenters. The number of nitrogens with zero attached hydrogens (tertiary/aromatic N) is 5. The van der Waals surface area contributed by atoms with E-state index in [0.717, 1.165) is 44.8 Å². The van der Waals surface area contributed by atoms with E-state index >= 15 is 4.39 Å². The van der Waals surface area contributed by atoms with Gasteiger partial charge in [0.05, 0.1) is 11.1 Å². The molecular formula is C23H25FIN5S. The van der Waals surface area contributed by atoms with Gasteiger partial charge in [-0.1, -0.05) is 11.8 Å². The molecule has 2 aliphatic rings. The number of halogens is 2. The molecule has 5 rings (SSSR count). The van der Waals surface area contributed by atoms with Crippen LogP contribution in [0.25, 0.3) is 22.3 Å². The molecule has 0 radical (unpaired) electrons. The van der Waals surface area contributed by atoms with Gasteiger partial charge in [0, 0.05) is 22.4 Å². The minimum atomic E-state index is -0.407. The number of pyridine rings is 2. The SMILES string of the molecule is CSc1nc(N2CC3CCC(C3)C2)c2c(C)nc(-c3nc(C)cc(C)c3I)c(F)c2n1. The van der Waals surface area contributed by atoms with Crippen LogP contribution in [0.2, 0.25) is 0 Å². The summed E-state index contributed by atoms with van der Waals surface area (Å²) in [5.74, 6) is 1.85. The van der Waals surface area contributed by atoms with E-state index in [1.807, 2.05) is 33.1 Å². The van der Waals surface area contributed by atoms with Crippen molar-refractivity contribution in [2.75, 3.05) is 24.2 Å². The Bertz CT molecular complexity index is 1190. The molecule has 162 valence electrons. The lowest BCUT2D eigenvalue weighted by molar-refractivity contribution is 0.419. The van der Waals surface area contributed by atoms with Gasteiger partial charge in [0.2, 0.25) is 0 Å². The van der Waals surface area contributed by atoms with E-state index < -0.39 is 5.82 Å². The number of rotatable bonds is 3. The molecule has 2 bridgehead atoms. The number of hydrogen-bond acceptors (Lipinski definition) is 6. The maximum absolute atomic E-state index is 16.0. The van der Waals surface area contributed by atoms with E-state index in [0.29, 0.717) is 28.2 Å². The first kappa shape index (κ1) is 21.3. The second kappa shape index (κ2) is 8.10. The van der Waals surface area contributed by atoms with E-state index in [4.69, 9.17) is 9.97 Å². The highest BCUT2D eigenvalue weighted by Crippen LogP contribution is 2.41. The Hall–Kier alpha value is -1.55. The largest absolute Gasteiger partial charge is 0.355 e. The van der Waals surface area contributed by atoms with Gasteiger partial charge in [-0.25, -0.2) is 19.3 Å². The molecule has 0 spiro atoms. The summed E-state index contributed by atoms with van der Waals surface area (Å²) in [5, 5.41) is 1.33. The molecule has 0 amide bonds. The molecule has 8 heteroatoms. The van der Waals surface area contributed by atoms with Crippen LogP contribution in [-0.2, 0) is 0 Å². The number of fused-ring (bicyclic) bond motifs is 3. The van der Waals surface area contributed by atoms with Crippen LogP contribution in [0.1, 0.15) is 36.2 Å². The quantitative estimate of drug-likeness (QED) is 0.237. The monoisotopic (exact) mass is 549 g/mol. The van der Waals surface area contributed by atoms with E-state index in [1.165, 1.54) is 31.0 Å². The highest BCUT2D eigenvalue weighted by Gasteiger charge is 2.35. The fourth-order valence-electron chi connectivity index (χ4n) is 5.14. The maximum atomic E-state index is 16.0. The van der Waals surface area contributed by atoms with Crippen molar-refractivity contribution >= 4 is 51.1 Å². The van der Waals surface area contributed by atoms with Gasteiger partial charge in [-0.15, -0.1) is 0 Å². The number of anilines is 1. The Balaban J connectivity index is 1.74. The van der Waals surface area contributed by atoms with Gasteiger partial charge in [-0.3, -0.25) is 4.98 Å². The van der Waals surface area contributed by atoms with E-state index in [1.54, 1.807) is 0 Å². The Morgan fingerprint density at radius 1 is 1.03 bits per heavy atom. The molecule has 3 aromatic rings. The molecule has 1 aliphatic carbocycles. The van der Waals surface area contributed by atoms with Gasteiger partial charge in [-0.2, -0.15) is 0 Å². The van der Waals surface area contributed by atoms with Crippen molar-refractivity contribution in [1.82, 2.24) is 19.9 Å². The van der Waals surface area contributed by atoms with Gasteiger partial charge in [-0.05, 0) is 92.3 Å². The molecule has 2 fully saturated rings. The fourth-order valence-corrected chi connectivity index (χ4v) is 6.03. The first-order chi connectivity index (χ1) is 14.9. The van der Waals surface area contributed by atoms with Crippen LogP contribution in [-0.4, -0.2) is 39.3 Å². The molecule has 2 unspecified atom stereocenters. The maximum Gasteiger partial charge on any atom is 0.189 e. The van der Waals surface area contributed by atoms with E-state index in [2.05, 4.69) is 37.5 Å². The molecule has 1 aliphatic heterocycles. The normalized spacial score (nSPS) is 20.6. The van der Waals surface area contributed by atoms with Crippen molar-refractivity contribution in [3.63, 3.8) is 0 Å². The summed E-state index contributed by atoms with van der Waals surface area (Å²) in [7, 11) is 0. The van der Waals surface area contributed by atoms with E-state index in [9.17, 15) is 0 Å².